The summed E-state index contributed by atoms with van der Waals surface area (Å²) >= 11 is 0. The first kappa shape index (κ1) is 16.4. The molecule has 1 atom stereocenters. The molecule has 5 nitrogen and oxygen atoms in total. The van der Waals surface area contributed by atoms with Gasteiger partial charge in [0.15, 0.2) is 9.84 Å². The van der Waals surface area contributed by atoms with Crippen LogP contribution in [0.5, 0.6) is 0 Å². The van der Waals surface area contributed by atoms with E-state index in [-0.39, 0.29) is 17.7 Å². The van der Waals surface area contributed by atoms with E-state index in [1.54, 1.807) is 20.8 Å². The number of hydrogen-bond donors (Lipinski definition) is 1. The highest BCUT2D eigenvalue weighted by molar-refractivity contribution is 7.92. The van der Waals surface area contributed by atoms with Crippen molar-refractivity contribution >= 4 is 15.8 Å². The fraction of sp³-hybridized carbons (Fsp3) is 0.923. The van der Waals surface area contributed by atoms with Crippen molar-refractivity contribution in [1.29, 1.82) is 0 Å². The standard InChI is InChI=1S/C13H25NO4S/c1-13(2,3)18-12(15)9-19(16,17)8-11(14)10-6-4-5-7-10/h10-11H,4-9,14H2,1-3H3. The van der Waals surface area contributed by atoms with Gasteiger partial charge >= 0.3 is 5.97 Å². The molecule has 1 fully saturated rings. The molecule has 1 rings (SSSR count). The van der Waals surface area contributed by atoms with Crippen molar-refractivity contribution in [2.24, 2.45) is 11.7 Å². The molecule has 6 heteroatoms. The lowest BCUT2D eigenvalue weighted by molar-refractivity contribution is -0.151. The number of ether oxygens (including phenoxy) is 1. The molecular formula is C13H25NO4S. The third-order valence-electron chi connectivity index (χ3n) is 3.21. The number of rotatable bonds is 5. The van der Waals surface area contributed by atoms with Gasteiger partial charge in [0.1, 0.15) is 11.4 Å². The van der Waals surface area contributed by atoms with Crippen LogP contribution in [-0.2, 0) is 19.4 Å². The van der Waals surface area contributed by atoms with Gasteiger partial charge in [0.05, 0.1) is 5.75 Å². The predicted molar refractivity (Wildman–Crippen MR) is 74.4 cm³/mol. The first-order valence-electron chi connectivity index (χ1n) is 6.77. The van der Waals surface area contributed by atoms with Gasteiger partial charge in [-0.2, -0.15) is 0 Å². The van der Waals surface area contributed by atoms with Gasteiger partial charge in [-0.05, 0) is 39.5 Å². The van der Waals surface area contributed by atoms with E-state index in [9.17, 15) is 13.2 Å². The van der Waals surface area contributed by atoms with Crippen LogP contribution < -0.4 is 5.73 Å². The highest BCUT2D eigenvalue weighted by Crippen LogP contribution is 2.27. The molecule has 1 saturated carbocycles. The summed E-state index contributed by atoms with van der Waals surface area (Å²) in [6.45, 7) is 5.13. The van der Waals surface area contributed by atoms with Crippen molar-refractivity contribution in [3.63, 3.8) is 0 Å². The Morgan fingerprint density at radius 1 is 1.32 bits per heavy atom. The zero-order valence-electron chi connectivity index (χ0n) is 12.0. The van der Waals surface area contributed by atoms with E-state index in [0.29, 0.717) is 0 Å². The van der Waals surface area contributed by atoms with E-state index < -0.39 is 27.2 Å². The van der Waals surface area contributed by atoms with E-state index in [0.717, 1.165) is 25.7 Å². The molecule has 0 amide bonds. The Hall–Kier alpha value is -0.620. The highest BCUT2D eigenvalue weighted by Gasteiger charge is 2.29. The second-order valence-corrected chi connectivity index (χ2v) is 8.46. The number of carbonyl (C=O) groups excluding carboxylic acids is 1. The molecule has 0 aliphatic heterocycles. The van der Waals surface area contributed by atoms with Crippen LogP contribution in [-0.4, -0.2) is 37.5 Å². The summed E-state index contributed by atoms with van der Waals surface area (Å²) in [5.74, 6) is -1.14. The van der Waals surface area contributed by atoms with Crippen LogP contribution in [0.2, 0.25) is 0 Å². The van der Waals surface area contributed by atoms with Gasteiger partial charge in [-0.25, -0.2) is 8.42 Å². The van der Waals surface area contributed by atoms with E-state index in [1.165, 1.54) is 0 Å². The summed E-state index contributed by atoms with van der Waals surface area (Å²) in [6, 6.07) is -0.366. The zero-order valence-corrected chi connectivity index (χ0v) is 12.8. The molecule has 0 bridgehead atoms. The van der Waals surface area contributed by atoms with E-state index in [2.05, 4.69) is 0 Å². The number of nitrogens with two attached hydrogens (primary N) is 1. The van der Waals surface area contributed by atoms with Gasteiger partial charge < -0.3 is 10.5 Å². The van der Waals surface area contributed by atoms with Crippen LogP contribution in [0.3, 0.4) is 0 Å². The SMILES string of the molecule is CC(C)(C)OC(=O)CS(=O)(=O)CC(N)C1CCCC1. The minimum atomic E-state index is -3.49. The molecule has 0 radical (unpaired) electrons. The number of esters is 1. The molecule has 0 saturated heterocycles. The lowest BCUT2D eigenvalue weighted by Gasteiger charge is -2.21. The quantitative estimate of drug-likeness (QED) is 0.771. The summed E-state index contributed by atoms with van der Waals surface area (Å²) in [6.07, 6.45) is 4.21. The second-order valence-electron chi connectivity index (χ2n) is 6.35. The molecule has 112 valence electrons. The van der Waals surface area contributed by atoms with E-state index in [1.807, 2.05) is 0 Å². The highest BCUT2D eigenvalue weighted by atomic mass is 32.2. The lowest BCUT2D eigenvalue weighted by Crippen LogP contribution is -2.38. The van der Waals surface area contributed by atoms with Crippen LogP contribution in [0, 0.1) is 5.92 Å². The Bertz CT molecular complexity index is 405. The summed E-state index contributed by atoms with van der Waals surface area (Å²) in [5.41, 5.74) is 5.27. The Morgan fingerprint density at radius 3 is 2.32 bits per heavy atom. The lowest BCUT2D eigenvalue weighted by atomic mass is 10.0. The molecule has 0 aromatic rings. The number of sulfone groups is 1. The van der Waals surface area contributed by atoms with Gasteiger partial charge in [-0.15, -0.1) is 0 Å². The average Bonchev–Trinajstić information content (AvgIpc) is 2.63. The van der Waals surface area contributed by atoms with Crippen molar-refractivity contribution in [2.75, 3.05) is 11.5 Å². The van der Waals surface area contributed by atoms with Crippen molar-refractivity contribution in [3.8, 4) is 0 Å². The monoisotopic (exact) mass is 291 g/mol. The van der Waals surface area contributed by atoms with Crippen LogP contribution in [0.15, 0.2) is 0 Å². The fourth-order valence-corrected chi connectivity index (χ4v) is 3.82. The molecule has 2 N–H and O–H groups in total. The Morgan fingerprint density at radius 2 is 1.84 bits per heavy atom. The van der Waals surface area contributed by atoms with Crippen LogP contribution >= 0.6 is 0 Å². The average molecular weight is 291 g/mol. The van der Waals surface area contributed by atoms with Crippen LogP contribution in [0.1, 0.15) is 46.5 Å². The smallest absolute Gasteiger partial charge is 0.321 e. The first-order chi connectivity index (χ1) is 8.59. The zero-order chi connectivity index (χ0) is 14.7. The molecule has 19 heavy (non-hydrogen) atoms. The maximum Gasteiger partial charge on any atom is 0.321 e. The normalized spacial score (nSPS) is 19.4. The van der Waals surface area contributed by atoms with Gasteiger partial charge in [0.25, 0.3) is 0 Å². The van der Waals surface area contributed by atoms with Gasteiger partial charge in [-0.3, -0.25) is 4.79 Å². The van der Waals surface area contributed by atoms with Crippen molar-refractivity contribution in [2.45, 2.75) is 58.1 Å². The first-order valence-corrected chi connectivity index (χ1v) is 8.59. The third kappa shape index (κ3) is 6.38. The minimum absolute atomic E-state index is 0.128. The summed E-state index contributed by atoms with van der Waals surface area (Å²) in [4.78, 5) is 11.5. The molecule has 0 aromatic carbocycles. The summed E-state index contributed by atoms with van der Waals surface area (Å²) < 4.78 is 28.8. The molecule has 1 unspecified atom stereocenters. The Labute approximate surface area is 115 Å². The Kier molecular flexibility index (Phi) is 5.38. The molecule has 0 heterocycles. The summed E-state index contributed by atoms with van der Waals surface area (Å²) in [7, 11) is -3.49. The minimum Gasteiger partial charge on any atom is -0.459 e. The van der Waals surface area contributed by atoms with Crippen molar-refractivity contribution in [3.05, 3.63) is 0 Å². The molecule has 0 aromatic heterocycles. The molecule has 0 spiro atoms. The maximum absolute atomic E-state index is 11.9. The topological polar surface area (TPSA) is 86.5 Å². The van der Waals surface area contributed by atoms with Crippen molar-refractivity contribution < 1.29 is 17.9 Å². The molecule has 1 aliphatic carbocycles. The van der Waals surface area contributed by atoms with Gasteiger partial charge in [0.2, 0.25) is 0 Å². The predicted octanol–water partition coefficient (Wildman–Crippen LogP) is 1.26. The molecular weight excluding hydrogens is 266 g/mol. The number of hydrogen-bond acceptors (Lipinski definition) is 5. The van der Waals surface area contributed by atoms with E-state index >= 15 is 0 Å². The third-order valence-corrected chi connectivity index (χ3v) is 4.78. The van der Waals surface area contributed by atoms with Gasteiger partial charge in [0, 0.05) is 6.04 Å². The van der Waals surface area contributed by atoms with Crippen LogP contribution in [0.25, 0.3) is 0 Å². The summed E-state index contributed by atoms with van der Waals surface area (Å²) in [5, 5.41) is 0. The number of carbonyl (C=O) groups is 1. The maximum atomic E-state index is 11.9. The fourth-order valence-electron chi connectivity index (χ4n) is 2.42. The van der Waals surface area contributed by atoms with E-state index in [4.69, 9.17) is 10.5 Å². The molecule has 1 aliphatic rings. The van der Waals surface area contributed by atoms with Crippen molar-refractivity contribution in [1.82, 2.24) is 0 Å². The van der Waals surface area contributed by atoms with Crippen LogP contribution in [0.4, 0.5) is 0 Å². The second kappa shape index (κ2) is 6.22. The van der Waals surface area contributed by atoms with Gasteiger partial charge in [-0.1, -0.05) is 12.8 Å². The Balaban J connectivity index is 2.49. The largest absolute Gasteiger partial charge is 0.459 e.